The summed E-state index contributed by atoms with van der Waals surface area (Å²) in [6.07, 6.45) is 0. The normalized spacial score (nSPS) is 13.9. The molecule has 0 spiro atoms. The van der Waals surface area contributed by atoms with Crippen molar-refractivity contribution in [1.29, 1.82) is 0 Å². The van der Waals surface area contributed by atoms with Gasteiger partial charge in [-0.1, -0.05) is 40.5 Å². The van der Waals surface area contributed by atoms with Crippen molar-refractivity contribution in [1.82, 2.24) is 4.13 Å². The van der Waals surface area contributed by atoms with Gasteiger partial charge in [0.25, 0.3) is 20.0 Å². The number of rotatable bonds is 10. The molecule has 186 valence electrons. The van der Waals surface area contributed by atoms with Gasteiger partial charge >= 0.3 is 39.9 Å². The van der Waals surface area contributed by atoms with Crippen LogP contribution in [0.5, 0.6) is 0 Å². The number of hydrogen-bond acceptors (Lipinski definition) is 6. The van der Waals surface area contributed by atoms with Gasteiger partial charge in [0.2, 0.25) is 0 Å². The summed E-state index contributed by atoms with van der Waals surface area (Å²) in [6.45, 7) is 0. The SMILES string of the molecule is O=S(=O)(NS(=O)(=O)C(F)(F)C(F)(F)Sc1ccccc1)C(F)(F)C(F)(F)Sc1ccccc1.[LiH]. The van der Waals surface area contributed by atoms with Crippen LogP contribution in [0, 0.1) is 0 Å². The fourth-order valence-corrected chi connectivity index (χ4v) is 6.90. The predicted octanol–water partition coefficient (Wildman–Crippen LogP) is 4.54. The first kappa shape index (κ1) is 31.1. The van der Waals surface area contributed by atoms with E-state index < -0.39 is 74.4 Å². The Labute approximate surface area is 209 Å². The first-order valence-corrected chi connectivity index (χ1v) is 12.7. The first-order valence-electron chi connectivity index (χ1n) is 8.13. The maximum atomic E-state index is 14.1. The Hall–Kier alpha value is -0.963. The Kier molecular flexibility index (Phi) is 9.66. The quantitative estimate of drug-likeness (QED) is 0.257. The molecule has 5 nitrogen and oxygen atoms in total. The molecule has 0 atom stereocenters. The number of sulfonamides is 2. The van der Waals surface area contributed by atoms with E-state index in [9.17, 15) is 52.0 Å². The van der Waals surface area contributed by atoms with E-state index in [1.54, 1.807) is 0 Å². The third-order valence-electron chi connectivity index (χ3n) is 3.55. The Morgan fingerprint density at radius 2 is 0.824 bits per heavy atom. The van der Waals surface area contributed by atoms with Crippen LogP contribution in [-0.2, 0) is 20.0 Å². The van der Waals surface area contributed by atoms with Crippen molar-refractivity contribution in [3.8, 4) is 0 Å². The number of alkyl halides is 8. The second-order valence-corrected chi connectivity index (χ2v) is 12.1. The van der Waals surface area contributed by atoms with Crippen LogP contribution in [0.1, 0.15) is 0 Å². The van der Waals surface area contributed by atoms with E-state index in [0.717, 1.165) is 48.5 Å². The summed E-state index contributed by atoms with van der Waals surface area (Å²) in [5.74, 6) is 0. The average Bonchev–Trinajstić information content (AvgIpc) is 2.67. The van der Waals surface area contributed by atoms with Crippen LogP contribution < -0.4 is 4.13 Å². The summed E-state index contributed by atoms with van der Waals surface area (Å²) < 4.78 is 159. The Bertz CT molecular complexity index is 1090. The monoisotopic (exact) mass is 569 g/mol. The molecule has 0 bridgehead atoms. The number of halogens is 8. The van der Waals surface area contributed by atoms with Crippen LogP contribution in [0.15, 0.2) is 70.5 Å². The summed E-state index contributed by atoms with van der Waals surface area (Å²) >= 11 is -2.03. The fraction of sp³-hybridized carbons (Fsp3) is 0.250. The molecule has 1 N–H and O–H groups in total. The zero-order valence-electron chi connectivity index (χ0n) is 15.6. The van der Waals surface area contributed by atoms with Crippen molar-refractivity contribution in [3.63, 3.8) is 0 Å². The molecule has 0 fully saturated rings. The van der Waals surface area contributed by atoms with E-state index in [-0.39, 0.29) is 23.0 Å². The number of benzene rings is 2. The molecule has 0 saturated carbocycles. The number of hydrogen-bond donors (Lipinski definition) is 1. The molecule has 2 aromatic carbocycles. The topological polar surface area (TPSA) is 80.3 Å². The van der Waals surface area contributed by atoms with Gasteiger partial charge in [-0.15, -0.1) is 0 Å². The van der Waals surface area contributed by atoms with Crippen molar-refractivity contribution < 1.29 is 52.0 Å². The zero-order valence-corrected chi connectivity index (χ0v) is 18.8. The third kappa shape index (κ3) is 6.23. The second-order valence-electron chi connectivity index (χ2n) is 5.99. The van der Waals surface area contributed by atoms with Gasteiger partial charge in [-0.05, 0) is 47.8 Å². The van der Waals surface area contributed by atoms with Gasteiger partial charge in [0.15, 0.2) is 0 Å². The van der Waals surface area contributed by atoms with Gasteiger partial charge in [0.05, 0.1) is 0 Å². The van der Waals surface area contributed by atoms with Crippen LogP contribution in [0.2, 0.25) is 0 Å². The van der Waals surface area contributed by atoms with Crippen molar-refractivity contribution in [2.75, 3.05) is 0 Å². The molecule has 18 heteroatoms. The standard InChI is InChI=1S/C16H11F8NO4S4.Li.H/c17-13(18,30-11-7-3-1-4-8-11)15(21,22)32(26,27)25-33(28,29)16(23,24)14(19,20)31-12-9-5-2-6-10-12;;/h1-10,25H;;. The van der Waals surface area contributed by atoms with Gasteiger partial charge < -0.3 is 0 Å². The van der Waals surface area contributed by atoms with E-state index in [2.05, 4.69) is 0 Å². The molecule has 0 aliphatic heterocycles. The molecule has 2 aromatic rings. The molecule has 0 amide bonds. The fourth-order valence-electron chi connectivity index (χ4n) is 1.95. The molecule has 0 aromatic heterocycles. The summed E-state index contributed by atoms with van der Waals surface area (Å²) in [5, 5.41) is -23.8. The van der Waals surface area contributed by atoms with Gasteiger partial charge in [0.1, 0.15) is 0 Å². The molecular formula is C16H12F8LiNO4S4. The van der Waals surface area contributed by atoms with Crippen LogP contribution in [0.4, 0.5) is 35.1 Å². The summed E-state index contributed by atoms with van der Waals surface area (Å²) in [5.41, 5.74) is 0. The summed E-state index contributed by atoms with van der Waals surface area (Å²) in [7, 11) is -14.4. The molecule has 0 heterocycles. The molecule has 0 aliphatic carbocycles. The van der Waals surface area contributed by atoms with Crippen molar-refractivity contribution in [2.45, 2.75) is 30.8 Å². The van der Waals surface area contributed by atoms with E-state index in [1.807, 2.05) is 0 Å². The van der Waals surface area contributed by atoms with Gasteiger partial charge in [-0.2, -0.15) is 35.1 Å². The average molecular weight is 569 g/mol. The molecule has 2 rings (SSSR count). The predicted molar refractivity (Wildman–Crippen MR) is 113 cm³/mol. The van der Waals surface area contributed by atoms with Crippen LogP contribution in [-0.4, -0.2) is 56.7 Å². The van der Waals surface area contributed by atoms with E-state index in [4.69, 9.17) is 0 Å². The van der Waals surface area contributed by atoms with Crippen LogP contribution in [0.25, 0.3) is 0 Å². The number of thioether (sulfide) groups is 2. The molecule has 0 unspecified atom stereocenters. The van der Waals surface area contributed by atoms with Crippen LogP contribution >= 0.6 is 23.5 Å². The second kappa shape index (κ2) is 10.6. The maximum absolute atomic E-state index is 14.1. The third-order valence-corrected chi connectivity index (χ3v) is 9.47. The van der Waals surface area contributed by atoms with E-state index in [0.29, 0.717) is 0 Å². The minimum atomic E-state index is -7.18. The van der Waals surface area contributed by atoms with Gasteiger partial charge in [-0.3, -0.25) is 0 Å². The minimum absolute atomic E-state index is 0. The summed E-state index contributed by atoms with van der Waals surface area (Å²) in [6, 6.07) is 10.6. The molecule has 34 heavy (non-hydrogen) atoms. The van der Waals surface area contributed by atoms with Gasteiger partial charge in [0, 0.05) is 9.79 Å². The van der Waals surface area contributed by atoms with Crippen LogP contribution in [0.3, 0.4) is 0 Å². The van der Waals surface area contributed by atoms with Crippen molar-refractivity contribution in [3.05, 3.63) is 60.7 Å². The first-order chi connectivity index (χ1) is 14.9. The Morgan fingerprint density at radius 3 is 1.09 bits per heavy atom. The molecule has 0 saturated heterocycles. The Morgan fingerprint density at radius 1 is 0.559 bits per heavy atom. The number of nitrogens with one attached hydrogen (secondary N) is 1. The molecule has 0 aliphatic rings. The van der Waals surface area contributed by atoms with Crippen molar-refractivity contribution >= 4 is 62.4 Å². The Balaban J connectivity index is 0.00000578. The zero-order chi connectivity index (χ0) is 25.3. The van der Waals surface area contributed by atoms with E-state index >= 15 is 0 Å². The van der Waals surface area contributed by atoms with E-state index in [1.165, 1.54) is 12.1 Å². The van der Waals surface area contributed by atoms with Gasteiger partial charge in [-0.25, -0.2) is 16.8 Å². The van der Waals surface area contributed by atoms with Crippen molar-refractivity contribution in [2.24, 2.45) is 0 Å². The molecular weight excluding hydrogens is 557 g/mol. The molecule has 0 radical (unpaired) electrons. The summed E-state index contributed by atoms with van der Waals surface area (Å²) in [4.78, 5) is -1.17.